The summed E-state index contributed by atoms with van der Waals surface area (Å²) in [6.07, 6.45) is 1.42. The molecule has 1 atom stereocenters. The molecule has 1 unspecified atom stereocenters. The van der Waals surface area contributed by atoms with Crippen molar-refractivity contribution in [2.45, 2.75) is 18.2 Å². The second kappa shape index (κ2) is 8.68. The van der Waals surface area contributed by atoms with Gasteiger partial charge in [-0.3, -0.25) is 4.79 Å². The van der Waals surface area contributed by atoms with Gasteiger partial charge in [0.15, 0.2) is 9.84 Å². The van der Waals surface area contributed by atoms with Gasteiger partial charge >= 0.3 is 5.97 Å². The first kappa shape index (κ1) is 20.4. The Balaban J connectivity index is 2.03. The average Bonchev–Trinajstić information content (AvgIpc) is 2.61. The smallest absolute Gasteiger partial charge is 0.335 e. The maximum absolute atomic E-state index is 12.3. The van der Waals surface area contributed by atoms with Crippen LogP contribution in [-0.4, -0.2) is 38.3 Å². The van der Waals surface area contributed by atoms with Crippen molar-refractivity contribution < 1.29 is 27.9 Å². The van der Waals surface area contributed by atoms with Gasteiger partial charge in [0, 0.05) is 17.9 Å². The molecule has 0 aliphatic rings. The molecule has 0 bridgehead atoms. The number of nitrogens with one attached hydrogen (secondary N) is 1. The van der Waals surface area contributed by atoms with Gasteiger partial charge in [0.25, 0.3) is 0 Å². The minimum atomic E-state index is -3.62. The minimum Gasteiger partial charge on any atom is -0.494 e. The first-order valence-corrected chi connectivity index (χ1v) is 10.1. The Kier molecular flexibility index (Phi) is 6.57. The third-order valence-corrected chi connectivity index (χ3v) is 4.95. The molecule has 0 fully saturated rings. The highest BCUT2D eigenvalue weighted by atomic mass is 32.2. The van der Waals surface area contributed by atoms with E-state index >= 15 is 0 Å². The molecule has 0 aliphatic carbocycles. The molecule has 0 aromatic heterocycles. The Bertz CT molecular complexity index is 924. The van der Waals surface area contributed by atoms with Crippen molar-refractivity contribution in [1.82, 2.24) is 0 Å². The van der Waals surface area contributed by atoms with Crippen LogP contribution in [0.4, 0.5) is 5.69 Å². The molecule has 0 saturated carbocycles. The van der Waals surface area contributed by atoms with Crippen molar-refractivity contribution in [3.8, 4) is 5.75 Å². The van der Waals surface area contributed by atoms with Crippen LogP contribution in [0.3, 0.4) is 0 Å². The molecule has 0 saturated heterocycles. The van der Waals surface area contributed by atoms with E-state index < -0.39 is 21.7 Å². The van der Waals surface area contributed by atoms with E-state index in [0.717, 1.165) is 12.3 Å². The Morgan fingerprint density at radius 2 is 1.81 bits per heavy atom. The van der Waals surface area contributed by atoms with Crippen molar-refractivity contribution in [1.29, 1.82) is 0 Å². The van der Waals surface area contributed by atoms with Gasteiger partial charge < -0.3 is 15.2 Å². The van der Waals surface area contributed by atoms with Crippen LogP contribution in [0, 0.1) is 5.92 Å². The highest BCUT2D eigenvalue weighted by Gasteiger charge is 2.17. The summed E-state index contributed by atoms with van der Waals surface area (Å²) in [6, 6.07) is 12.7. The first-order chi connectivity index (χ1) is 12.7. The Hall–Kier alpha value is -2.87. The number of ether oxygens (including phenoxy) is 1. The van der Waals surface area contributed by atoms with Crippen LogP contribution >= 0.6 is 0 Å². The topological polar surface area (TPSA) is 110 Å². The number of carboxylic acid groups (broad SMARTS) is 1. The number of carboxylic acids is 1. The number of carbonyl (C=O) groups is 2. The molecule has 0 aliphatic heterocycles. The molecule has 27 heavy (non-hydrogen) atoms. The van der Waals surface area contributed by atoms with Crippen molar-refractivity contribution >= 4 is 27.4 Å². The molecule has 2 aromatic carbocycles. The number of rotatable bonds is 8. The molecule has 8 heteroatoms. The van der Waals surface area contributed by atoms with Crippen LogP contribution in [0.5, 0.6) is 5.75 Å². The maximum Gasteiger partial charge on any atom is 0.335 e. The normalized spacial score (nSPS) is 12.2. The van der Waals surface area contributed by atoms with E-state index in [0.29, 0.717) is 18.8 Å². The highest BCUT2D eigenvalue weighted by molar-refractivity contribution is 7.90. The molecule has 2 aromatic rings. The van der Waals surface area contributed by atoms with Crippen LogP contribution in [0.25, 0.3) is 0 Å². The predicted molar refractivity (Wildman–Crippen MR) is 101 cm³/mol. The van der Waals surface area contributed by atoms with Crippen molar-refractivity contribution in [2.24, 2.45) is 5.92 Å². The number of sulfone groups is 1. The van der Waals surface area contributed by atoms with Gasteiger partial charge in [-0.1, -0.05) is 25.1 Å². The molecule has 0 radical (unpaired) electrons. The van der Waals surface area contributed by atoms with Crippen molar-refractivity contribution in [3.05, 3.63) is 54.1 Å². The number of hydrogen-bond donors (Lipinski definition) is 2. The standard InChI is InChI=1S/C19H21NO6S/c1-13(8-9-26-16-6-4-3-5-7-16)18(21)20-15-10-14(19(22)23)11-17(12-15)27(2,24)25/h3-7,10-13H,8-9H2,1-2H3,(H,20,21)(H,22,23). The molecule has 2 N–H and O–H groups in total. The lowest BCUT2D eigenvalue weighted by atomic mass is 10.1. The van der Waals surface area contributed by atoms with Crippen LogP contribution in [-0.2, 0) is 14.6 Å². The Labute approximate surface area is 157 Å². The monoisotopic (exact) mass is 391 g/mol. The molecule has 7 nitrogen and oxygen atoms in total. The number of aromatic carboxylic acids is 1. The summed E-state index contributed by atoms with van der Waals surface area (Å²) in [4.78, 5) is 23.4. The Morgan fingerprint density at radius 1 is 1.15 bits per heavy atom. The van der Waals surface area contributed by atoms with E-state index in [1.807, 2.05) is 30.3 Å². The molecular weight excluding hydrogens is 370 g/mol. The van der Waals surface area contributed by atoms with E-state index in [1.165, 1.54) is 12.1 Å². The largest absolute Gasteiger partial charge is 0.494 e. The quantitative estimate of drug-likeness (QED) is 0.716. The summed E-state index contributed by atoms with van der Waals surface area (Å²) >= 11 is 0. The van der Waals surface area contributed by atoms with Gasteiger partial charge in [-0.2, -0.15) is 0 Å². The number of para-hydroxylation sites is 1. The van der Waals surface area contributed by atoms with E-state index in [2.05, 4.69) is 5.32 Å². The molecular formula is C19H21NO6S. The van der Waals surface area contributed by atoms with Crippen molar-refractivity contribution in [3.63, 3.8) is 0 Å². The summed E-state index contributed by atoms with van der Waals surface area (Å²) in [5, 5.41) is 11.7. The average molecular weight is 391 g/mol. The van der Waals surface area contributed by atoms with E-state index in [-0.39, 0.29) is 22.1 Å². The van der Waals surface area contributed by atoms with Crippen LogP contribution in [0.2, 0.25) is 0 Å². The molecule has 144 valence electrons. The number of hydrogen-bond acceptors (Lipinski definition) is 5. The van der Waals surface area contributed by atoms with Crippen LogP contribution in [0.1, 0.15) is 23.7 Å². The number of carbonyl (C=O) groups excluding carboxylic acids is 1. The molecule has 0 spiro atoms. The van der Waals surface area contributed by atoms with Crippen LogP contribution in [0.15, 0.2) is 53.4 Å². The summed E-state index contributed by atoms with van der Waals surface area (Å²) in [5.41, 5.74) is -0.0931. The van der Waals surface area contributed by atoms with Gasteiger partial charge in [-0.25, -0.2) is 13.2 Å². The van der Waals surface area contributed by atoms with Gasteiger partial charge in [0.05, 0.1) is 17.1 Å². The lowest BCUT2D eigenvalue weighted by Gasteiger charge is -2.14. The second-order valence-corrected chi connectivity index (χ2v) is 8.18. The van der Waals surface area contributed by atoms with E-state index in [9.17, 15) is 18.0 Å². The lowest BCUT2D eigenvalue weighted by molar-refractivity contribution is -0.119. The predicted octanol–water partition coefficient (Wildman–Crippen LogP) is 2.83. The molecule has 1 amide bonds. The zero-order valence-corrected chi connectivity index (χ0v) is 15.8. The van der Waals surface area contributed by atoms with Gasteiger partial charge in [0.2, 0.25) is 5.91 Å². The second-order valence-electron chi connectivity index (χ2n) is 6.16. The summed E-state index contributed by atoms with van der Waals surface area (Å²) in [7, 11) is -3.62. The fourth-order valence-corrected chi connectivity index (χ4v) is 2.96. The SMILES string of the molecule is CC(CCOc1ccccc1)C(=O)Nc1cc(C(=O)O)cc(S(C)(=O)=O)c1. The van der Waals surface area contributed by atoms with Gasteiger partial charge in [0.1, 0.15) is 5.75 Å². The van der Waals surface area contributed by atoms with Gasteiger partial charge in [-0.15, -0.1) is 0 Å². The number of benzene rings is 2. The Morgan fingerprint density at radius 3 is 2.41 bits per heavy atom. The number of amides is 1. The highest BCUT2D eigenvalue weighted by Crippen LogP contribution is 2.20. The van der Waals surface area contributed by atoms with E-state index in [4.69, 9.17) is 9.84 Å². The minimum absolute atomic E-state index is 0.121. The lowest BCUT2D eigenvalue weighted by Crippen LogP contribution is -2.22. The fraction of sp³-hybridized carbons (Fsp3) is 0.263. The zero-order valence-electron chi connectivity index (χ0n) is 15.0. The zero-order chi connectivity index (χ0) is 20.0. The maximum atomic E-state index is 12.3. The van der Waals surface area contributed by atoms with Crippen LogP contribution < -0.4 is 10.1 Å². The van der Waals surface area contributed by atoms with Crippen molar-refractivity contribution in [2.75, 3.05) is 18.2 Å². The summed E-state index contributed by atoms with van der Waals surface area (Å²) in [6.45, 7) is 2.05. The third-order valence-electron chi connectivity index (χ3n) is 3.86. The molecule has 2 rings (SSSR count). The molecule has 0 heterocycles. The third kappa shape index (κ3) is 6.10. The summed E-state index contributed by atoms with van der Waals surface area (Å²) < 4.78 is 29.0. The van der Waals surface area contributed by atoms with Gasteiger partial charge in [-0.05, 0) is 36.8 Å². The fourth-order valence-electron chi connectivity index (χ4n) is 2.28. The first-order valence-electron chi connectivity index (χ1n) is 8.24. The van der Waals surface area contributed by atoms with E-state index in [1.54, 1.807) is 6.92 Å². The number of anilines is 1. The summed E-state index contributed by atoms with van der Waals surface area (Å²) in [5.74, 6) is -1.34.